The van der Waals surface area contributed by atoms with Crippen LogP contribution >= 0.6 is 0 Å². The predicted molar refractivity (Wildman–Crippen MR) is 74.8 cm³/mol. The van der Waals surface area contributed by atoms with E-state index in [9.17, 15) is 4.79 Å². The zero-order valence-corrected chi connectivity index (χ0v) is 11.2. The van der Waals surface area contributed by atoms with Crippen molar-refractivity contribution in [3.63, 3.8) is 0 Å². The van der Waals surface area contributed by atoms with Crippen LogP contribution in [0.2, 0.25) is 0 Å². The Bertz CT molecular complexity index is 589. The first kappa shape index (κ1) is 13.1. The van der Waals surface area contributed by atoms with E-state index in [-0.39, 0.29) is 5.91 Å². The summed E-state index contributed by atoms with van der Waals surface area (Å²) in [7, 11) is 1.87. The number of aromatic nitrogens is 2. The van der Waals surface area contributed by atoms with Gasteiger partial charge in [-0.2, -0.15) is 5.10 Å². The van der Waals surface area contributed by atoms with Gasteiger partial charge in [0.2, 0.25) is 0 Å². The highest BCUT2D eigenvalue weighted by Crippen LogP contribution is 2.12. The molecule has 1 heterocycles. The molecule has 0 saturated carbocycles. The van der Waals surface area contributed by atoms with Crippen molar-refractivity contribution in [3.8, 4) is 0 Å². The number of hydrogen-bond acceptors (Lipinski definition) is 3. The Hall–Kier alpha value is -2.30. The van der Waals surface area contributed by atoms with E-state index in [2.05, 4.69) is 10.4 Å². The fourth-order valence-electron chi connectivity index (χ4n) is 1.81. The van der Waals surface area contributed by atoms with E-state index >= 15 is 0 Å². The van der Waals surface area contributed by atoms with Gasteiger partial charge in [0, 0.05) is 31.0 Å². The van der Waals surface area contributed by atoms with E-state index in [1.165, 1.54) is 0 Å². The normalized spacial score (nSPS) is 10.4. The highest BCUT2D eigenvalue weighted by molar-refractivity contribution is 5.95. The fraction of sp³-hybridized carbons (Fsp3) is 0.286. The molecule has 0 bridgehead atoms. The number of nitrogen functional groups attached to an aromatic ring is 1. The maximum atomic E-state index is 11.9. The number of carbonyl (C=O) groups excluding carboxylic acids is 1. The number of rotatable bonds is 4. The van der Waals surface area contributed by atoms with Gasteiger partial charge in [-0.25, -0.2) is 0 Å². The smallest absolute Gasteiger partial charge is 0.251 e. The molecule has 0 aliphatic heterocycles. The van der Waals surface area contributed by atoms with Crippen LogP contribution in [0.15, 0.2) is 30.6 Å². The van der Waals surface area contributed by atoms with Crippen LogP contribution in [-0.4, -0.2) is 22.2 Å². The molecule has 2 aromatic rings. The third-order valence-electron chi connectivity index (χ3n) is 3.00. The van der Waals surface area contributed by atoms with Crippen molar-refractivity contribution in [1.29, 1.82) is 0 Å². The van der Waals surface area contributed by atoms with Crippen molar-refractivity contribution in [3.05, 3.63) is 47.3 Å². The average molecular weight is 258 g/mol. The molecule has 0 fully saturated rings. The molecular weight excluding hydrogens is 240 g/mol. The summed E-state index contributed by atoms with van der Waals surface area (Å²) >= 11 is 0. The second-order valence-electron chi connectivity index (χ2n) is 4.60. The van der Waals surface area contributed by atoms with Gasteiger partial charge >= 0.3 is 0 Å². The summed E-state index contributed by atoms with van der Waals surface area (Å²) in [5.74, 6) is -0.101. The molecule has 2 rings (SSSR count). The molecule has 19 heavy (non-hydrogen) atoms. The van der Waals surface area contributed by atoms with Gasteiger partial charge in [0.05, 0.1) is 6.20 Å². The van der Waals surface area contributed by atoms with Crippen LogP contribution in [0, 0.1) is 6.92 Å². The van der Waals surface area contributed by atoms with Gasteiger partial charge in [-0.05, 0) is 36.6 Å². The summed E-state index contributed by atoms with van der Waals surface area (Å²) in [4.78, 5) is 11.9. The van der Waals surface area contributed by atoms with E-state index in [0.717, 1.165) is 17.5 Å². The van der Waals surface area contributed by atoms with Crippen molar-refractivity contribution in [2.75, 3.05) is 12.3 Å². The molecule has 0 atom stereocenters. The molecule has 5 heteroatoms. The Morgan fingerprint density at radius 1 is 1.47 bits per heavy atom. The first-order valence-electron chi connectivity index (χ1n) is 6.18. The van der Waals surface area contributed by atoms with Crippen molar-refractivity contribution in [2.45, 2.75) is 13.3 Å². The van der Waals surface area contributed by atoms with Gasteiger partial charge in [0.25, 0.3) is 5.91 Å². The quantitative estimate of drug-likeness (QED) is 0.811. The third-order valence-corrected chi connectivity index (χ3v) is 3.00. The zero-order valence-electron chi connectivity index (χ0n) is 11.2. The van der Waals surface area contributed by atoms with Gasteiger partial charge in [-0.1, -0.05) is 6.07 Å². The SMILES string of the molecule is Cc1ccc(C(=O)NCCc2cnn(C)c2)cc1N. The first-order chi connectivity index (χ1) is 9.06. The maximum Gasteiger partial charge on any atom is 0.251 e. The van der Waals surface area contributed by atoms with E-state index in [1.807, 2.05) is 26.2 Å². The number of aryl methyl sites for hydroxylation is 2. The molecule has 0 radical (unpaired) electrons. The van der Waals surface area contributed by atoms with Crippen LogP contribution < -0.4 is 11.1 Å². The summed E-state index contributed by atoms with van der Waals surface area (Å²) in [6, 6.07) is 5.34. The summed E-state index contributed by atoms with van der Waals surface area (Å²) in [5, 5.41) is 6.95. The van der Waals surface area contributed by atoms with Crippen LogP contribution in [0.1, 0.15) is 21.5 Å². The molecule has 1 aromatic heterocycles. The second kappa shape index (κ2) is 5.56. The molecule has 0 aliphatic carbocycles. The van der Waals surface area contributed by atoms with E-state index < -0.39 is 0 Å². The monoisotopic (exact) mass is 258 g/mol. The van der Waals surface area contributed by atoms with Gasteiger partial charge in [0.15, 0.2) is 0 Å². The number of benzene rings is 1. The third kappa shape index (κ3) is 3.34. The summed E-state index contributed by atoms with van der Waals surface area (Å²) in [5.41, 5.74) is 9.10. The summed E-state index contributed by atoms with van der Waals surface area (Å²) in [6.07, 6.45) is 4.51. The molecule has 3 N–H and O–H groups in total. The molecule has 0 aliphatic rings. The lowest BCUT2D eigenvalue weighted by Gasteiger charge is -2.06. The van der Waals surface area contributed by atoms with Crippen LogP contribution in [0.4, 0.5) is 5.69 Å². The molecule has 5 nitrogen and oxygen atoms in total. The van der Waals surface area contributed by atoms with Crippen LogP contribution in [0.3, 0.4) is 0 Å². The highest BCUT2D eigenvalue weighted by Gasteiger charge is 2.06. The number of nitrogens with one attached hydrogen (secondary N) is 1. The lowest BCUT2D eigenvalue weighted by molar-refractivity contribution is 0.0954. The fourth-order valence-corrected chi connectivity index (χ4v) is 1.81. The Kier molecular flexibility index (Phi) is 3.85. The van der Waals surface area contributed by atoms with Gasteiger partial charge in [-0.15, -0.1) is 0 Å². The molecule has 1 amide bonds. The Morgan fingerprint density at radius 3 is 2.89 bits per heavy atom. The van der Waals surface area contributed by atoms with Crippen LogP contribution in [-0.2, 0) is 13.5 Å². The lowest BCUT2D eigenvalue weighted by atomic mass is 10.1. The predicted octanol–water partition coefficient (Wildman–Crippen LogP) is 1.28. The van der Waals surface area contributed by atoms with Crippen molar-refractivity contribution in [2.24, 2.45) is 7.05 Å². The van der Waals surface area contributed by atoms with Gasteiger partial charge in [0.1, 0.15) is 0 Å². The number of nitrogens with two attached hydrogens (primary N) is 1. The standard InChI is InChI=1S/C14H18N4O/c1-10-3-4-12(7-13(10)15)14(19)16-6-5-11-8-17-18(2)9-11/h3-4,7-9H,5-6,15H2,1-2H3,(H,16,19). The van der Waals surface area contributed by atoms with Crippen molar-refractivity contribution >= 4 is 11.6 Å². The topological polar surface area (TPSA) is 72.9 Å². The first-order valence-corrected chi connectivity index (χ1v) is 6.18. The lowest BCUT2D eigenvalue weighted by Crippen LogP contribution is -2.25. The second-order valence-corrected chi connectivity index (χ2v) is 4.60. The summed E-state index contributed by atoms with van der Waals surface area (Å²) < 4.78 is 1.75. The van der Waals surface area contributed by atoms with Crippen molar-refractivity contribution in [1.82, 2.24) is 15.1 Å². The van der Waals surface area contributed by atoms with E-state index in [1.54, 1.807) is 23.0 Å². The Balaban J connectivity index is 1.89. The molecule has 0 saturated heterocycles. The average Bonchev–Trinajstić information content (AvgIpc) is 2.78. The number of amides is 1. The van der Waals surface area contributed by atoms with Gasteiger partial charge in [-0.3, -0.25) is 9.48 Å². The van der Waals surface area contributed by atoms with Crippen molar-refractivity contribution < 1.29 is 4.79 Å². The van der Waals surface area contributed by atoms with E-state index in [4.69, 9.17) is 5.73 Å². The van der Waals surface area contributed by atoms with E-state index in [0.29, 0.717) is 17.8 Å². The molecule has 0 unspecified atom stereocenters. The Labute approximate surface area is 112 Å². The largest absolute Gasteiger partial charge is 0.398 e. The number of hydrogen-bond donors (Lipinski definition) is 2. The summed E-state index contributed by atoms with van der Waals surface area (Å²) in [6.45, 7) is 2.50. The zero-order chi connectivity index (χ0) is 13.8. The molecule has 1 aromatic carbocycles. The number of anilines is 1. The van der Waals surface area contributed by atoms with Crippen LogP contribution in [0.5, 0.6) is 0 Å². The molecule has 100 valence electrons. The highest BCUT2D eigenvalue weighted by atomic mass is 16.1. The Morgan fingerprint density at radius 2 is 2.26 bits per heavy atom. The molecular formula is C14H18N4O. The van der Waals surface area contributed by atoms with Gasteiger partial charge < -0.3 is 11.1 Å². The number of nitrogens with zero attached hydrogens (tertiary/aromatic N) is 2. The minimum absolute atomic E-state index is 0.101. The maximum absolute atomic E-state index is 11.9. The number of carbonyl (C=O) groups is 1. The minimum Gasteiger partial charge on any atom is -0.398 e. The minimum atomic E-state index is -0.101. The molecule has 0 spiro atoms. The van der Waals surface area contributed by atoms with Crippen LogP contribution in [0.25, 0.3) is 0 Å².